The number of hydrogen-bond acceptors (Lipinski definition) is 3. The van der Waals surface area contributed by atoms with Crippen molar-refractivity contribution in [2.24, 2.45) is 11.1 Å². The SMILES string of the molecule is CC(C)(CCN)CCCN(Cc1cccs1)C1CC1. The number of nitrogens with two attached hydrogens (primary N) is 1. The zero-order valence-electron chi connectivity index (χ0n) is 12.4. The first-order valence-electron chi connectivity index (χ1n) is 7.57. The first kappa shape index (κ1) is 15.0. The molecule has 3 heteroatoms. The molecule has 0 aromatic carbocycles. The number of rotatable bonds is 9. The van der Waals surface area contributed by atoms with Crippen LogP contribution in [-0.4, -0.2) is 24.0 Å². The predicted octanol–water partition coefficient (Wildman–Crippen LogP) is 3.87. The Morgan fingerprint density at radius 2 is 2.16 bits per heavy atom. The van der Waals surface area contributed by atoms with Gasteiger partial charge in [0, 0.05) is 17.5 Å². The highest BCUT2D eigenvalue weighted by Gasteiger charge is 2.29. The number of nitrogens with zero attached hydrogens (tertiary/aromatic N) is 1. The molecular formula is C16H28N2S. The molecule has 1 aromatic heterocycles. The van der Waals surface area contributed by atoms with Gasteiger partial charge in [-0.15, -0.1) is 11.3 Å². The molecule has 0 bridgehead atoms. The third kappa shape index (κ3) is 5.25. The van der Waals surface area contributed by atoms with Crippen molar-refractivity contribution in [2.75, 3.05) is 13.1 Å². The Balaban J connectivity index is 1.75. The zero-order chi connectivity index (χ0) is 13.7. The van der Waals surface area contributed by atoms with Crippen molar-refractivity contribution in [3.63, 3.8) is 0 Å². The van der Waals surface area contributed by atoms with Crippen LogP contribution in [0, 0.1) is 5.41 Å². The van der Waals surface area contributed by atoms with E-state index < -0.39 is 0 Å². The fraction of sp³-hybridized carbons (Fsp3) is 0.750. The molecule has 2 nitrogen and oxygen atoms in total. The van der Waals surface area contributed by atoms with Gasteiger partial charge in [-0.3, -0.25) is 4.90 Å². The second-order valence-electron chi connectivity index (χ2n) is 6.59. The summed E-state index contributed by atoms with van der Waals surface area (Å²) in [6.07, 6.45) is 6.53. The molecule has 1 aliphatic rings. The van der Waals surface area contributed by atoms with Gasteiger partial charge >= 0.3 is 0 Å². The molecule has 2 rings (SSSR count). The molecule has 1 aliphatic carbocycles. The third-order valence-electron chi connectivity index (χ3n) is 4.12. The molecule has 0 saturated heterocycles. The van der Waals surface area contributed by atoms with E-state index in [1.807, 2.05) is 11.3 Å². The van der Waals surface area contributed by atoms with Crippen molar-refractivity contribution in [1.82, 2.24) is 4.90 Å². The van der Waals surface area contributed by atoms with E-state index in [-0.39, 0.29) is 0 Å². The van der Waals surface area contributed by atoms with Crippen LogP contribution in [-0.2, 0) is 6.54 Å². The Bertz CT molecular complexity index is 355. The van der Waals surface area contributed by atoms with Crippen molar-refractivity contribution in [1.29, 1.82) is 0 Å². The summed E-state index contributed by atoms with van der Waals surface area (Å²) in [4.78, 5) is 4.19. The standard InChI is InChI=1S/C16H28N2S/c1-16(2,9-10-17)8-4-11-18(14-6-7-14)13-15-5-3-12-19-15/h3,5,12,14H,4,6-11,13,17H2,1-2H3. The summed E-state index contributed by atoms with van der Waals surface area (Å²) in [5, 5.41) is 2.19. The molecule has 0 unspecified atom stereocenters. The first-order chi connectivity index (χ1) is 9.11. The predicted molar refractivity (Wildman–Crippen MR) is 84.4 cm³/mol. The molecule has 1 fully saturated rings. The average molecular weight is 280 g/mol. The minimum Gasteiger partial charge on any atom is -0.330 e. The maximum absolute atomic E-state index is 5.69. The molecule has 1 aromatic rings. The van der Waals surface area contributed by atoms with Crippen LogP contribution in [0.4, 0.5) is 0 Å². The second-order valence-corrected chi connectivity index (χ2v) is 7.62. The highest BCUT2D eigenvalue weighted by atomic mass is 32.1. The van der Waals surface area contributed by atoms with Crippen LogP contribution in [0.2, 0.25) is 0 Å². The van der Waals surface area contributed by atoms with E-state index >= 15 is 0 Å². The van der Waals surface area contributed by atoms with Crippen molar-refractivity contribution in [3.8, 4) is 0 Å². The number of hydrogen-bond donors (Lipinski definition) is 1. The van der Waals surface area contributed by atoms with Gasteiger partial charge in [-0.05, 0) is 62.1 Å². The van der Waals surface area contributed by atoms with Gasteiger partial charge < -0.3 is 5.73 Å². The Hall–Kier alpha value is -0.380. The Labute approximate surface area is 122 Å². The van der Waals surface area contributed by atoms with Crippen LogP contribution in [0.5, 0.6) is 0 Å². The van der Waals surface area contributed by atoms with Gasteiger partial charge in [0.05, 0.1) is 0 Å². The first-order valence-corrected chi connectivity index (χ1v) is 8.45. The molecule has 108 valence electrons. The van der Waals surface area contributed by atoms with Gasteiger partial charge in [-0.2, -0.15) is 0 Å². The van der Waals surface area contributed by atoms with E-state index in [1.54, 1.807) is 0 Å². The maximum Gasteiger partial charge on any atom is 0.0330 e. The molecular weight excluding hydrogens is 252 g/mol. The van der Waals surface area contributed by atoms with E-state index in [2.05, 4.69) is 36.3 Å². The normalized spacial score (nSPS) is 16.2. The fourth-order valence-corrected chi connectivity index (χ4v) is 3.44. The van der Waals surface area contributed by atoms with Crippen LogP contribution in [0.3, 0.4) is 0 Å². The van der Waals surface area contributed by atoms with E-state index in [0.29, 0.717) is 5.41 Å². The molecule has 1 saturated carbocycles. The molecule has 0 aliphatic heterocycles. The summed E-state index contributed by atoms with van der Waals surface area (Å²) in [5.74, 6) is 0. The Kier molecular flexibility index (Phi) is 5.43. The van der Waals surface area contributed by atoms with Gasteiger partial charge in [0.1, 0.15) is 0 Å². The molecule has 0 radical (unpaired) electrons. The van der Waals surface area contributed by atoms with Crippen LogP contribution in [0.15, 0.2) is 17.5 Å². The lowest BCUT2D eigenvalue weighted by atomic mass is 9.84. The molecule has 0 amide bonds. The lowest BCUT2D eigenvalue weighted by molar-refractivity contribution is 0.223. The highest BCUT2D eigenvalue weighted by Crippen LogP contribution is 2.31. The van der Waals surface area contributed by atoms with Crippen LogP contribution in [0.1, 0.15) is 50.8 Å². The Morgan fingerprint density at radius 1 is 1.37 bits per heavy atom. The van der Waals surface area contributed by atoms with Gasteiger partial charge in [-0.1, -0.05) is 19.9 Å². The van der Waals surface area contributed by atoms with Crippen LogP contribution in [0.25, 0.3) is 0 Å². The van der Waals surface area contributed by atoms with Crippen molar-refractivity contribution in [3.05, 3.63) is 22.4 Å². The van der Waals surface area contributed by atoms with E-state index in [4.69, 9.17) is 5.73 Å². The quantitative estimate of drug-likeness (QED) is 0.744. The van der Waals surface area contributed by atoms with Crippen molar-refractivity contribution < 1.29 is 0 Å². The summed E-state index contributed by atoms with van der Waals surface area (Å²) in [6, 6.07) is 5.29. The topological polar surface area (TPSA) is 29.3 Å². The monoisotopic (exact) mass is 280 g/mol. The third-order valence-corrected chi connectivity index (χ3v) is 4.98. The zero-order valence-corrected chi connectivity index (χ0v) is 13.2. The average Bonchev–Trinajstić information content (AvgIpc) is 3.06. The smallest absolute Gasteiger partial charge is 0.0330 e. The fourth-order valence-electron chi connectivity index (χ4n) is 2.71. The second kappa shape index (κ2) is 6.87. The van der Waals surface area contributed by atoms with E-state index in [0.717, 1.165) is 25.6 Å². The van der Waals surface area contributed by atoms with Gasteiger partial charge in [0.25, 0.3) is 0 Å². The van der Waals surface area contributed by atoms with Gasteiger partial charge in [0.2, 0.25) is 0 Å². The summed E-state index contributed by atoms with van der Waals surface area (Å²) in [7, 11) is 0. The minimum atomic E-state index is 0.410. The van der Waals surface area contributed by atoms with Crippen LogP contribution >= 0.6 is 11.3 Å². The molecule has 0 atom stereocenters. The minimum absolute atomic E-state index is 0.410. The summed E-state index contributed by atoms with van der Waals surface area (Å²) in [6.45, 7) is 7.91. The lowest BCUT2D eigenvalue weighted by Gasteiger charge is -2.27. The van der Waals surface area contributed by atoms with Gasteiger partial charge in [0.15, 0.2) is 0 Å². The van der Waals surface area contributed by atoms with E-state index in [1.165, 1.54) is 37.1 Å². The molecule has 0 spiro atoms. The summed E-state index contributed by atoms with van der Waals surface area (Å²) in [5.41, 5.74) is 6.10. The van der Waals surface area contributed by atoms with Crippen molar-refractivity contribution in [2.45, 2.75) is 58.5 Å². The largest absolute Gasteiger partial charge is 0.330 e. The van der Waals surface area contributed by atoms with Gasteiger partial charge in [-0.25, -0.2) is 0 Å². The molecule has 1 heterocycles. The maximum atomic E-state index is 5.69. The summed E-state index contributed by atoms with van der Waals surface area (Å²) >= 11 is 1.89. The van der Waals surface area contributed by atoms with Crippen molar-refractivity contribution >= 4 is 11.3 Å². The molecule has 19 heavy (non-hydrogen) atoms. The van der Waals surface area contributed by atoms with Crippen LogP contribution < -0.4 is 5.73 Å². The Morgan fingerprint density at radius 3 is 2.74 bits per heavy atom. The highest BCUT2D eigenvalue weighted by molar-refractivity contribution is 7.09. The lowest BCUT2D eigenvalue weighted by Crippen LogP contribution is -2.27. The number of thiophene rings is 1. The summed E-state index contributed by atoms with van der Waals surface area (Å²) < 4.78 is 0. The van der Waals surface area contributed by atoms with E-state index in [9.17, 15) is 0 Å². The molecule has 2 N–H and O–H groups in total.